The summed E-state index contributed by atoms with van der Waals surface area (Å²) >= 11 is 5.92. The Hall–Kier alpha value is -1.06. The molecule has 0 spiro atoms. The third kappa shape index (κ3) is 2.13. The molecule has 3 nitrogen and oxygen atoms in total. The van der Waals surface area contributed by atoms with Crippen LogP contribution in [0.1, 0.15) is 16.8 Å². The van der Waals surface area contributed by atoms with Crippen molar-refractivity contribution in [1.29, 1.82) is 0 Å². The second-order valence-electron chi connectivity index (χ2n) is 3.71. The Balaban J connectivity index is 2.22. The van der Waals surface area contributed by atoms with Crippen molar-refractivity contribution in [1.82, 2.24) is 0 Å². The monoisotopic (exact) mass is 225 g/mol. The van der Waals surface area contributed by atoms with Gasteiger partial charge in [-0.3, -0.25) is 4.79 Å². The van der Waals surface area contributed by atoms with Crippen LogP contribution in [0.15, 0.2) is 18.2 Å². The Kier molecular flexibility index (Phi) is 2.93. The lowest BCUT2D eigenvalue weighted by Crippen LogP contribution is -2.21. The Morgan fingerprint density at radius 1 is 1.53 bits per heavy atom. The van der Waals surface area contributed by atoms with E-state index in [0.29, 0.717) is 17.1 Å². The molecule has 0 amide bonds. The average Bonchev–Trinajstić information content (AvgIpc) is 2.65. The molecule has 1 unspecified atom stereocenters. The number of halogens is 1. The van der Waals surface area contributed by atoms with Gasteiger partial charge in [0.25, 0.3) is 0 Å². The smallest absolute Gasteiger partial charge is 0.151 e. The van der Waals surface area contributed by atoms with Gasteiger partial charge in [0.1, 0.15) is 0 Å². The molecule has 1 aliphatic rings. The Bertz CT molecular complexity index is 381. The quantitative estimate of drug-likeness (QED) is 0.780. The number of anilines is 1. The molecule has 1 aliphatic heterocycles. The number of nitrogens with zero attached hydrogens (tertiary/aromatic N) is 1. The van der Waals surface area contributed by atoms with Gasteiger partial charge in [-0.05, 0) is 24.6 Å². The first kappa shape index (κ1) is 10.5. The number of aldehydes is 1. The molecule has 1 heterocycles. The van der Waals surface area contributed by atoms with Crippen LogP contribution in [0.2, 0.25) is 5.02 Å². The van der Waals surface area contributed by atoms with Gasteiger partial charge < -0.3 is 10.0 Å². The highest BCUT2D eigenvalue weighted by atomic mass is 35.5. The van der Waals surface area contributed by atoms with Gasteiger partial charge >= 0.3 is 0 Å². The van der Waals surface area contributed by atoms with E-state index in [0.717, 1.165) is 24.9 Å². The molecule has 2 rings (SSSR count). The summed E-state index contributed by atoms with van der Waals surface area (Å²) in [6.07, 6.45) is 1.27. The van der Waals surface area contributed by atoms with E-state index < -0.39 is 0 Å². The van der Waals surface area contributed by atoms with E-state index >= 15 is 0 Å². The molecule has 15 heavy (non-hydrogen) atoms. The van der Waals surface area contributed by atoms with Crippen LogP contribution in [0.4, 0.5) is 5.69 Å². The van der Waals surface area contributed by atoms with Gasteiger partial charge in [0.05, 0.1) is 11.1 Å². The molecule has 0 radical (unpaired) electrons. The van der Waals surface area contributed by atoms with Gasteiger partial charge in [-0.25, -0.2) is 0 Å². The molecule has 1 aromatic rings. The van der Waals surface area contributed by atoms with Crippen molar-refractivity contribution in [3.05, 3.63) is 28.8 Å². The SMILES string of the molecule is O=Cc1ccc(N2CCC(O)C2)cc1Cl. The second-order valence-corrected chi connectivity index (χ2v) is 4.12. The van der Waals surface area contributed by atoms with Gasteiger partial charge in [0, 0.05) is 24.3 Å². The average molecular weight is 226 g/mol. The number of carbonyl (C=O) groups excluding carboxylic acids is 1. The largest absolute Gasteiger partial charge is 0.391 e. The number of hydrogen-bond acceptors (Lipinski definition) is 3. The minimum Gasteiger partial charge on any atom is -0.391 e. The molecule has 0 aliphatic carbocycles. The maximum Gasteiger partial charge on any atom is 0.151 e. The molecule has 1 saturated heterocycles. The third-order valence-electron chi connectivity index (χ3n) is 2.64. The molecule has 0 bridgehead atoms. The Morgan fingerprint density at radius 3 is 2.87 bits per heavy atom. The van der Waals surface area contributed by atoms with Gasteiger partial charge in [-0.2, -0.15) is 0 Å². The fourth-order valence-electron chi connectivity index (χ4n) is 1.78. The minimum atomic E-state index is -0.255. The number of aliphatic hydroxyl groups is 1. The first-order chi connectivity index (χ1) is 7.20. The predicted octanol–water partition coefficient (Wildman–Crippen LogP) is 1.72. The number of β-amino-alcohol motifs (C(OH)–C–C–N with tert-alkyl or cyclic N) is 1. The van der Waals surface area contributed by atoms with E-state index in [2.05, 4.69) is 4.90 Å². The highest BCUT2D eigenvalue weighted by Crippen LogP contribution is 2.25. The van der Waals surface area contributed by atoms with E-state index in [1.54, 1.807) is 12.1 Å². The van der Waals surface area contributed by atoms with Crippen molar-refractivity contribution in [2.75, 3.05) is 18.0 Å². The summed E-state index contributed by atoms with van der Waals surface area (Å²) in [4.78, 5) is 12.6. The zero-order chi connectivity index (χ0) is 10.8. The van der Waals surface area contributed by atoms with Crippen molar-refractivity contribution in [2.45, 2.75) is 12.5 Å². The zero-order valence-electron chi connectivity index (χ0n) is 8.19. The molecular formula is C11H12ClNO2. The summed E-state index contributed by atoms with van der Waals surface area (Å²) in [5, 5.41) is 9.86. The molecule has 1 aromatic carbocycles. The van der Waals surface area contributed by atoms with Crippen molar-refractivity contribution in [3.63, 3.8) is 0 Å². The second kappa shape index (κ2) is 4.21. The molecule has 1 fully saturated rings. The lowest BCUT2D eigenvalue weighted by molar-refractivity contribution is 0.112. The standard InChI is InChI=1S/C11H12ClNO2/c12-11-5-9(2-1-8(11)7-14)13-4-3-10(15)6-13/h1-2,5,7,10,15H,3-4,6H2. The van der Waals surface area contributed by atoms with E-state index in [1.165, 1.54) is 0 Å². The molecular weight excluding hydrogens is 214 g/mol. The van der Waals surface area contributed by atoms with Crippen molar-refractivity contribution >= 4 is 23.6 Å². The van der Waals surface area contributed by atoms with Crippen LogP contribution in [0.25, 0.3) is 0 Å². The minimum absolute atomic E-state index is 0.255. The van der Waals surface area contributed by atoms with Crippen LogP contribution in [0.5, 0.6) is 0 Å². The van der Waals surface area contributed by atoms with Crippen molar-refractivity contribution in [2.24, 2.45) is 0 Å². The number of carbonyl (C=O) groups is 1. The van der Waals surface area contributed by atoms with Crippen LogP contribution in [0.3, 0.4) is 0 Å². The highest BCUT2D eigenvalue weighted by molar-refractivity contribution is 6.33. The van der Waals surface area contributed by atoms with Crippen LogP contribution in [-0.4, -0.2) is 30.6 Å². The predicted molar refractivity (Wildman–Crippen MR) is 59.7 cm³/mol. The highest BCUT2D eigenvalue weighted by Gasteiger charge is 2.20. The van der Waals surface area contributed by atoms with Crippen LogP contribution in [0, 0.1) is 0 Å². The molecule has 80 valence electrons. The van der Waals surface area contributed by atoms with Crippen LogP contribution >= 0.6 is 11.6 Å². The molecule has 4 heteroatoms. The van der Waals surface area contributed by atoms with Gasteiger partial charge in [0.15, 0.2) is 6.29 Å². The summed E-state index contributed by atoms with van der Waals surface area (Å²) < 4.78 is 0. The Labute approximate surface area is 93.3 Å². The zero-order valence-corrected chi connectivity index (χ0v) is 8.94. The first-order valence-corrected chi connectivity index (χ1v) is 5.26. The fourth-order valence-corrected chi connectivity index (χ4v) is 2.00. The molecule has 1 N–H and O–H groups in total. The molecule has 0 saturated carbocycles. The van der Waals surface area contributed by atoms with Crippen molar-refractivity contribution in [3.8, 4) is 0 Å². The normalized spacial score (nSPS) is 20.7. The lowest BCUT2D eigenvalue weighted by atomic mass is 10.2. The topological polar surface area (TPSA) is 40.5 Å². The number of benzene rings is 1. The van der Waals surface area contributed by atoms with Gasteiger partial charge in [-0.1, -0.05) is 11.6 Å². The van der Waals surface area contributed by atoms with E-state index in [-0.39, 0.29) is 6.10 Å². The number of hydrogen-bond donors (Lipinski definition) is 1. The molecule has 1 atom stereocenters. The summed E-state index contributed by atoms with van der Waals surface area (Å²) in [5.41, 5.74) is 1.46. The number of rotatable bonds is 2. The maximum absolute atomic E-state index is 10.6. The molecule has 0 aromatic heterocycles. The van der Waals surface area contributed by atoms with E-state index in [9.17, 15) is 9.90 Å². The fraction of sp³-hybridized carbons (Fsp3) is 0.364. The van der Waals surface area contributed by atoms with Gasteiger partial charge in [-0.15, -0.1) is 0 Å². The van der Waals surface area contributed by atoms with E-state index in [1.807, 2.05) is 6.07 Å². The van der Waals surface area contributed by atoms with Gasteiger partial charge in [0.2, 0.25) is 0 Å². The summed E-state index contributed by atoms with van der Waals surface area (Å²) in [7, 11) is 0. The summed E-state index contributed by atoms with van der Waals surface area (Å²) in [6.45, 7) is 1.47. The first-order valence-electron chi connectivity index (χ1n) is 4.88. The lowest BCUT2D eigenvalue weighted by Gasteiger charge is -2.18. The summed E-state index contributed by atoms with van der Waals surface area (Å²) in [5.74, 6) is 0. The van der Waals surface area contributed by atoms with Crippen LogP contribution < -0.4 is 4.90 Å². The number of aliphatic hydroxyl groups excluding tert-OH is 1. The maximum atomic E-state index is 10.6. The van der Waals surface area contributed by atoms with E-state index in [4.69, 9.17) is 11.6 Å². The third-order valence-corrected chi connectivity index (χ3v) is 2.97. The summed E-state index contributed by atoms with van der Waals surface area (Å²) in [6, 6.07) is 5.33. The Morgan fingerprint density at radius 2 is 2.33 bits per heavy atom. The van der Waals surface area contributed by atoms with Crippen LogP contribution in [-0.2, 0) is 0 Å². The van der Waals surface area contributed by atoms with Crippen molar-refractivity contribution < 1.29 is 9.90 Å².